The van der Waals surface area contributed by atoms with E-state index in [1.165, 1.54) is 13.2 Å². The highest BCUT2D eigenvalue weighted by atomic mass is 32.3. The van der Waals surface area contributed by atoms with Gasteiger partial charge in [0.2, 0.25) is 19.4 Å². The largest absolute Gasteiger partial charge is 0.465 e. The van der Waals surface area contributed by atoms with E-state index in [0.29, 0.717) is 28.6 Å². The van der Waals surface area contributed by atoms with Crippen LogP contribution in [-0.2, 0) is 19.4 Å². The number of esters is 1. The van der Waals surface area contributed by atoms with Crippen LogP contribution >= 0.6 is 11.8 Å². The van der Waals surface area contributed by atoms with Gasteiger partial charge in [-0.15, -0.1) is 5.10 Å². The van der Waals surface area contributed by atoms with E-state index in [1.54, 1.807) is 36.4 Å². The van der Waals surface area contributed by atoms with Crippen LogP contribution in [0.25, 0.3) is 17.4 Å². The molecule has 0 atom stereocenters. The number of fused-ring (bicyclic) bond motifs is 1. The van der Waals surface area contributed by atoms with Crippen LogP contribution in [0.3, 0.4) is 0 Å². The van der Waals surface area contributed by atoms with Crippen LogP contribution < -0.4 is 0 Å². The molecule has 3 heterocycles. The normalized spacial score (nSPS) is 17.5. The number of benzene rings is 1. The van der Waals surface area contributed by atoms with Gasteiger partial charge < -0.3 is 9.15 Å². The molecule has 0 saturated heterocycles. The van der Waals surface area contributed by atoms with Crippen molar-refractivity contribution in [2.24, 2.45) is 10.1 Å². The lowest BCUT2D eigenvalue weighted by Crippen LogP contribution is -2.35. The minimum Gasteiger partial charge on any atom is -0.465 e. The van der Waals surface area contributed by atoms with Crippen molar-refractivity contribution in [3.05, 3.63) is 53.3 Å². The molecule has 1 amide bonds. The third-order valence-corrected chi connectivity index (χ3v) is 6.83. The number of carbonyl (C=O) groups excluding carboxylic acids is 2. The number of ether oxygens (including phenoxy) is 1. The lowest BCUT2D eigenvalue weighted by molar-refractivity contribution is -0.114. The van der Waals surface area contributed by atoms with Gasteiger partial charge in [-0.2, -0.15) is 10.0 Å². The minimum atomic E-state index is -3.60. The summed E-state index contributed by atoms with van der Waals surface area (Å²) in [6, 6.07) is 9.86. The molecule has 2 aliphatic heterocycles. The smallest absolute Gasteiger partial charge is 0.337 e. The molecular formula is C19H14N4O6S2. The maximum atomic E-state index is 12.4. The van der Waals surface area contributed by atoms with Gasteiger partial charge in [-0.3, -0.25) is 10.2 Å². The Kier molecular flexibility index (Phi) is 5.11. The van der Waals surface area contributed by atoms with Crippen LogP contribution in [0.5, 0.6) is 0 Å². The van der Waals surface area contributed by atoms with Gasteiger partial charge in [0.15, 0.2) is 5.84 Å². The van der Waals surface area contributed by atoms with Crippen molar-refractivity contribution in [3.8, 4) is 11.3 Å². The Morgan fingerprint density at radius 2 is 1.94 bits per heavy atom. The number of carbonyl (C=O) groups is 2. The highest BCUT2D eigenvalue weighted by molar-refractivity contribution is 8.42. The van der Waals surface area contributed by atoms with Gasteiger partial charge in [0.05, 0.1) is 18.2 Å². The van der Waals surface area contributed by atoms with Crippen molar-refractivity contribution >= 4 is 54.9 Å². The lowest BCUT2D eigenvalue weighted by Gasteiger charge is -2.19. The third-order valence-electron chi connectivity index (χ3n) is 4.26. The maximum absolute atomic E-state index is 12.4. The van der Waals surface area contributed by atoms with E-state index in [1.807, 2.05) is 0 Å². The summed E-state index contributed by atoms with van der Waals surface area (Å²) in [5, 5.41) is 13.2. The fourth-order valence-corrected chi connectivity index (χ4v) is 4.43. The van der Waals surface area contributed by atoms with Crippen LogP contribution in [0.4, 0.5) is 0 Å². The van der Waals surface area contributed by atoms with E-state index in [2.05, 4.69) is 14.8 Å². The fourth-order valence-electron chi connectivity index (χ4n) is 2.74. The predicted octanol–water partition coefficient (Wildman–Crippen LogP) is 2.35. The van der Waals surface area contributed by atoms with Gasteiger partial charge in [0, 0.05) is 11.8 Å². The van der Waals surface area contributed by atoms with Crippen molar-refractivity contribution in [2.75, 3.05) is 13.4 Å². The molecule has 0 spiro atoms. The minimum absolute atomic E-state index is 0.0124. The number of sulfone groups is 1. The molecule has 2 aliphatic rings. The topological polar surface area (TPSA) is 142 Å². The average Bonchev–Trinajstić information content (AvgIpc) is 3.38. The van der Waals surface area contributed by atoms with Gasteiger partial charge in [-0.25, -0.2) is 13.2 Å². The number of thioether (sulfide) groups is 1. The van der Waals surface area contributed by atoms with E-state index in [4.69, 9.17) is 9.83 Å². The summed E-state index contributed by atoms with van der Waals surface area (Å²) in [5.74, 6) is -0.683. The molecule has 10 nitrogen and oxygen atoms in total. The Balaban J connectivity index is 1.61. The summed E-state index contributed by atoms with van der Waals surface area (Å²) < 4.78 is 33.6. The number of aliphatic imine (C=N–C) groups is 1. The van der Waals surface area contributed by atoms with Gasteiger partial charge in [0.1, 0.15) is 11.5 Å². The molecule has 2 aromatic rings. The zero-order chi connectivity index (χ0) is 22.3. The Labute approximate surface area is 180 Å². The first-order valence-corrected chi connectivity index (χ1v) is 11.4. The van der Waals surface area contributed by atoms with Crippen molar-refractivity contribution < 1.29 is 27.2 Å². The summed E-state index contributed by atoms with van der Waals surface area (Å²) in [6.07, 6.45) is 2.33. The van der Waals surface area contributed by atoms with E-state index >= 15 is 0 Å². The predicted molar refractivity (Wildman–Crippen MR) is 115 cm³/mol. The van der Waals surface area contributed by atoms with E-state index in [-0.39, 0.29) is 26.7 Å². The van der Waals surface area contributed by atoms with Gasteiger partial charge in [-0.1, -0.05) is 12.1 Å². The zero-order valence-corrected chi connectivity index (χ0v) is 17.8. The SMILES string of the molecule is COC(=O)c1ccc(-c2ccc(/C=C3\C(=N)N4N=C(S(C)(=O)=O)SC4=NC3=O)o2)cc1. The molecule has 0 radical (unpaired) electrons. The molecule has 0 bridgehead atoms. The van der Waals surface area contributed by atoms with E-state index in [0.717, 1.165) is 11.3 Å². The second-order valence-electron chi connectivity index (χ2n) is 6.43. The summed E-state index contributed by atoms with van der Waals surface area (Å²) in [7, 11) is -2.30. The number of rotatable bonds is 3. The van der Waals surface area contributed by atoms with Gasteiger partial charge >= 0.3 is 5.97 Å². The molecule has 1 aromatic heterocycles. The van der Waals surface area contributed by atoms with Gasteiger partial charge in [0.25, 0.3) is 5.91 Å². The van der Waals surface area contributed by atoms with E-state index < -0.39 is 21.7 Å². The zero-order valence-electron chi connectivity index (χ0n) is 16.1. The Bertz CT molecular complexity index is 1320. The van der Waals surface area contributed by atoms with Crippen molar-refractivity contribution in [1.29, 1.82) is 5.41 Å². The first-order valence-electron chi connectivity index (χ1n) is 8.66. The lowest BCUT2D eigenvalue weighted by atomic mass is 10.1. The number of amides is 1. The monoisotopic (exact) mass is 458 g/mol. The molecule has 1 aromatic carbocycles. The van der Waals surface area contributed by atoms with Crippen LogP contribution in [-0.4, -0.2) is 54.0 Å². The summed E-state index contributed by atoms with van der Waals surface area (Å²) in [5.41, 5.74) is 0.998. The number of nitrogens with one attached hydrogen (secondary N) is 1. The first kappa shape index (κ1) is 20.8. The maximum Gasteiger partial charge on any atom is 0.337 e. The van der Waals surface area contributed by atoms with E-state index in [9.17, 15) is 18.0 Å². The summed E-state index contributed by atoms with van der Waals surface area (Å²) >= 11 is 0.716. The number of furan rings is 1. The molecule has 0 saturated carbocycles. The Hall–Kier alpha value is -3.51. The standard InChI is InChI=1S/C19H14N4O6S2/c1-28-17(25)11-5-3-10(4-6-11)14-8-7-12(29-14)9-13-15(20)23-18(21-16(13)24)30-19(22-23)31(2,26)27/h3-9,20H,1-2H3/b13-9+,20-15?. The Morgan fingerprint density at radius 1 is 1.23 bits per heavy atom. The summed E-state index contributed by atoms with van der Waals surface area (Å²) in [4.78, 5) is 27.8. The number of nitrogens with zero attached hydrogens (tertiary/aromatic N) is 3. The number of hydrogen-bond donors (Lipinski definition) is 1. The molecule has 0 unspecified atom stereocenters. The van der Waals surface area contributed by atoms with Crippen LogP contribution in [0, 0.1) is 5.41 Å². The van der Waals surface area contributed by atoms with Crippen molar-refractivity contribution in [2.45, 2.75) is 0 Å². The van der Waals surface area contributed by atoms with Crippen LogP contribution in [0.15, 0.2) is 56.5 Å². The second-order valence-corrected chi connectivity index (χ2v) is 9.57. The molecule has 1 N–H and O–H groups in total. The van der Waals surface area contributed by atoms with Gasteiger partial charge in [-0.05, 0) is 42.1 Å². The molecule has 12 heteroatoms. The molecule has 31 heavy (non-hydrogen) atoms. The number of hydrogen-bond acceptors (Lipinski definition) is 9. The quantitative estimate of drug-likeness (QED) is 0.545. The molecule has 0 fully saturated rings. The second kappa shape index (κ2) is 7.63. The average molecular weight is 458 g/mol. The first-order chi connectivity index (χ1) is 14.7. The Morgan fingerprint density at radius 3 is 2.58 bits per heavy atom. The van der Waals surface area contributed by atoms with Crippen LogP contribution in [0.2, 0.25) is 0 Å². The molecular weight excluding hydrogens is 444 g/mol. The third kappa shape index (κ3) is 3.94. The fraction of sp³-hybridized carbons (Fsp3) is 0.105. The molecule has 158 valence electrons. The molecule has 0 aliphatic carbocycles. The molecule has 4 rings (SSSR count). The van der Waals surface area contributed by atoms with Crippen molar-refractivity contribution in [1.82, 2.24) is 5.01 Å². The highest BCUT2D eigenvalue weighted by Crippen LogP contribution is 2.31. The summed E-state index contributed by atoms with van der Waals surface area (Å²) in [6.45, 7) is 0. The number of hydrazone groups is 1. The van der Waals surface area contributed by atoms with Crippen molar-refractivity contribution in [3.63, 3.8) is 0 Å². The number of amidine groups is 2. The number of methoxy groups -OCH3 is 1. The van der Waals surface area contributed by atoms with Crippen LogP contribution in [0.1, 0.15) is 16.1 Å². The highest BCUT2D eigenvalue weighted by Gasteiger charge is 2.38.